The van der Waals surface area contributed by atoms with Gasteiger partial charge in [0.05, 0.1) is 11.0 Å². The lowest BCUT2D eigenvalue weighted by Gasteiger charge is -2.18. The first-order valence-electron chi connectivity index (χ1n) is 5.09. The van der Waals surface area contributed by atoms with Gasteiger partial charge in [-0.15, -0.1) is 0 Å². The number of aromatic nitrogens is 2. The maximum atomic E-state index is 5.20. The Morgan fingerprint density at radius 3 is 2.53 bits per heavy atom. The van der Waals surface area contributed by atoms with Crippen LogP contribution >= 0.6 is 12.2 Å². The van der Waals surface area contributed by atoms with Crippen molar-refractivity contribution in [1.82, 2.24) is 9.55 Å². The first-order valence-corrected chi connectivity index (χ1v) is 5.49. The van der Waals surface area contributed by atoms with Gasteiger partial charge in [0.15, 0.2) is 4.77 Å². The van der Waals surface area contributed by atoms with Crippen molar-refractivity contribution in [2.75, 3.05) is 0 Å². The van der Waals surface area contributed by atoms with Crippen LogP contribution in [0.2, 0.25) is 0 Å². The number of benzene rings is 1. The molecule has 0 amide bonds. The van der Waals surface area contributed by atoms with Crippen LogP contribution in [0.1, 0.15) is 26.3 Å². The van der Waals surface area contributed by atoms with E-state index in [-0.39, 0.29) is 5.41 Å². The molecule has 15 heavy (non-hydrogen) atoms. The van der Waals surface area contributed by atoms with E-state index in [1.165, 1.54) is 11.1 Å². The van der Waals surface area contributed by atoms with Crippen molar-refractivity contribution in [1.29, 1.82) is 0 Å². The number of nitrogens with one attached hydrogen (secondary N) is 1. The molecule has 0 saturated heterocycles. The van der Waals surface area contributed by atoms with Gasteiger partial charge in [0.1, 0.15) is 0 Å². The third-order valence-corrected chi connectivity index (χ3v) is 3.15. The number of aryl methyl sites for hydroxylation is 1. The lowest BCUT2D eigenvalue weighted by molar-refractivity contribution is 0.591. The topological polar surface area (TPSA) is 20.7 Å². The van der Waals surface area contributed by atoms with Crippen molar-refractivity contribution >= 4 is 23.3 Å². The van der Waals surface area contributed by atoms with Crippen LogP contribution in [0.5, 0.6) is 0 Å². The fraction of sp³-hybridized carbons (Fsp3) is 0.417. The highest BCUT2D eigenvalue weighted by Crippen LogP contribution is 2.25. The quantitative estimate of drug-likeness (QED) is 0.674. The van der Waals surface area contributed by atoms with Gasteiger partial charge in [-0.3, -0.25) is 0 Å². The number of aromatic amines is 1. The van der Waals surface area contributed by atoms with Crippen LogP contribution in [0.3, 0.4) is 0 Å². The van der Waals surface area contributed by atoms with Gasteiger partial charge in [-0.25, -0.2) is 0 Å². The summed E-state index contributed by atoms with van der Waals surface area (Å²) >= 11 is 5.20. The van der Waals surface area contributed by atoms with E-state index in [0.29, 0.717) is 0 Å². The first kappa shape index (κ1) is 10.4. The summed E-state index contributed by atoms with van der Waals surface area (Å²) in [4.78, 5) is 3.18. The predicted octanol–water partition coefficient (Wildman–Crippen LogP) is 3.53. The van der Waals surface area contributed by atoms with Crippen molar-refractivity contribution in [3.05, 3.63) is 28.5 Å². The van der Waals surface area contributed by atoms with Crippen molar-refractivity contribution in [2.24, 2.45) is 7.05 Å². The molecule has 0 saturated carbocycles. The van der Waals surface area contributed by atoms with Gasteiger partial charge in [0, 0.05) is 7.05 Å². The number of fused-ring (bicyclic) bond motifs is 1. The third-order valence-electron chi connectivity index (χ3n) is 2.77. The lowest BCUT2D eigenvalue weighted by Crippen LogP contribution is -2.10. The van der Waals surface area contributed by atoms with Gasteiger partial charge in [0.25, 0.3) is 0 Å². The maximum absolute atomic E-state index is 5.20. The molecule has 1 N–H and O–H groups in total. The second-order valence-electron chi connectivity index (χ2n) is 4.97. The fourth-order valence-electron chi connectivity index (χ4n) is 1.69. The first-order chi connectivity index (χ1) is 6.89. The van der Waals surface area contributed by atoms with Crippen molar-refractivity contribution in [3.8, 4) is 0 Å². The van der Waals surface area contributed by atoms with Gasteiger partial charge in [0.2, 0.25) is 0 Å². The average Bonchev–Trinajstić information content (AvgIpc) is 2.41. The molecule has 1 aromatic heterocycles. The normalized spacial score (nSPS) is 12.3. The summed E-state index contributed by atoms with van der Waals surface area (Å²) in [5.74, 6) is 0. The molecule has 2 nitrogen and oxygen atoms in total. The largest absolute Gasteiger partial charge is 0.331 e. The minimum absolute atomic E-state index is 0.181. The molecule has 0 aliphatic heterocycles. The Labute approximate surface area is 94.9 Å². The van der Waals surface area contributed by atoms with E-state index >= 15 is 0 Å². The Morgan fingerprint density at radius 2 is 1.93 bits per heavy atom. The molecule has 0 fully saturated rings. The number of imidazole rings is 1. The fourth-order valence-corrected chi connectivity index (χ4v) is 1.90. The Bertz CT molecular complexity index is 555. The number of H-pyrrole nitrogens is 1. The van der Waals surface area contributed by atoms with Crippen LogP contribution < -0.4 is 0 Å². The maximum Gasteiger partial charge on any atom is 0.177 e. The highest BCUT2D eigenvalue weighted by atomic mass is 32.1. The molecular formula is C12H16N2S. The standard InChI is InChI=1S/C12H16N2S/c1-12(2,3)8-5-6-9-10(7-8)14(4)11(15)13-9/h5-7H,1-4H3,(H,13,15). The Morgan fingerprint density at radius 1 is 1.27 bits per heavy atom. The Balaban J connectivity index is 2.75. The highest BCUT2D eigenvalue weighted by Gasteiger charge is 2.14. The summed E-state index contributed by atoms with van der Waals surface area (Å²) in [7, 11) is 1.99. The van der Waals surface area contributed by atoms with E-state index in [4.69, 9.17) is 12.2 Å². The van der Waals surface area contributed by atoms with Gasteiger partial charge < -0.3 is 9.55 Å². The monoisotopic (exact) mass is 220 g/mol. The molecule has 2 rings (SSSR count). The smallest absolute Gasteiger partial charge is 0.177 e. The summed E-state index contributed by atoms with van der Waals surface area (Å²) in [6, 6.07) is 6.47. The van der Waals surface area contributed by atoms with Gasteiger partial charge in [-0.05, 0) is 35.3 Å². The Kier molecular flexibility index (Phi) is 2.23. The minimum atomic E-state index is 0.181. The van der Waals surface area contributed by atoms with E-state index in [9.17, 15) is 0 Å². The molecule has 1 heterocycles. The number of hydrogen-bond donors (Lipinski definition) is 1. The van der Waals surface area contributed by atoms with E-state index in [0.717, 1.165) is 10.3 Å². The molecule has 0 atom stereocenters. The number of nitrogens with zero attached hydrogens (tertiary/aromatic N) is 1. The summed E-state index contributed by atoms with van der Waals surface area (Å²) in [6.07, 6.45) is 0. The van der Waals surface area contributed by atoms with Crippen LogP contribution in [-0.2, 0) is 12.5 Å². The summed E-state index contributed by atoms with van der Waals surface area (Å²) in [5.41, 5.74) is 3.79. The number of rotatable bonds is 0. The molecule has 2 aromatic rings. The molecule has 0 unspecified atom stereocenters. The minimum Gasteiger partial charge on any atom is -0.331 e. The molecule has 3 heteroatoms. The van der Waals surface area contributed by atoms with Crippen LogP contribution in [0.15, 0.2) is 18.2 Å². The van der Waals surface area contributed by atoms with Crippen molar-refractivity contribution in [2.45, 2.75) is 26.2 Å². The zero-order valence-electron chi connectivity index (χ0n) is 9.59. The Hall–Kier alpha value is -1.09. The average molecular weight is 220 g/mol. The number of hydrogen-bond acceptors (Lipinski definition) is 1. The van der Waals surface area contributed by atoms with E-state index in [1.807, 2.05) is 11.6 Å². The van der Waals surface area contributed by atoms with Crippen LogP contribution in [0, 0.1) is 4.77 Å². The summed E-state index contributed by atoms with van der Waals surface area (Å²) in [5, 5.41) is 0. The van der Waals surface area contributed by atoms with Crippen molar-refractivity contribution in [3.63, 3.8) is 0 Å². The predicted molar refractivity (Wildman–Crippen MR) is 66.8 cm³/mol. The SMILES string of the molecule is Cn1c(=S)[nH]c2ccc(C(C)(C)C)cc21. The second kappa shape index (κ2) is 3.20. The molecule has 0 spiro atoms. The lowest BCUT2D eigenvalue weighted by atomic mass is 9.87. The highest BCUT2D eigenvalue weighted by molar-refractivity contribution is 7.71. The molecule has 0 radical (unpaired) electrons. The summed E-state index contributed by atoms with van der Waals surface area (Å²) in [6.45, 7) is 6.65. The van der Waals surface area contributed by atoms with Crippen LogP contribution in [-0.4, -0.2) is 9.55 Å². The molecule has 0 bridgehead atoms. The zero-order valence-corrected chi connectivity index (χ0v) is 10.4. The molecular weight excluding hydrogens is 204 g/mol. The van der Waals surface area contributed by atoms with Gasteiger partial charge >= 0.3 is 0 Å². The molecule has 1 aromatic carbocycles. The van der Waals surface area contributed by atoms with Gasteiger partial charge in [-0.1, -0.05) is 26.8 Å². The van der Waals surface area contributed by atoms with E-state index < -0.39 is 0 Å². The van der Waals surface area contributed by atoms with Crippen LogP contribution in [0.25, 0.3) is 11.0 Å². The van der Waals surface area contributed by atoms with E-state index in [2.05, 4.69) is 44.0 Å². The zero-order chi connectivity index (χ0) is 11.2. The van der Waals surface area contributed by atoms with Gasteiger partial charge in [-0.2, -0.15) is 0 Å². The summed E-state index contributed by atoms with van der Waals surface area (Å²) < 4.78 is 2.79. The molecule has 0 aliphatic rings. The molecule has 80 valence electrons. The van der Waals surface area contributed by atoms with Crippen molar-refractivity contribution < 1.29 is 0 Å². The molecule has 0 aliphatic carbocycles. The van der Waals surface area contributed by atoms with E-state index in [1.54, 1.807) is 0 Å². The second-order valence-corrected chi connectivity index (χ2v) is 5.36. The third kappa shape index (κ3) is 1.72. The van der Waals surface area contributed by atoms with Crippen LogP contribution in [0.4, 0.5) is 0 Å².